The Balaban J connectivity index is 1.47. The summed E-state index contributed by atoms with van der Waals surface area (Å²) in [5, 5.41) is 4.98. The second-order valence-electron chi connectivity index (χ2n) is 7.20. The van der Waals surface area contributed by atoms with Crippen LogP contribution in [-0.2, 0) is 16.1 Å². The monoisotopic (exact) mass is 410 g/mol. The molecule has 0 heterocycles. The van der Waals surface area contributed by atoms with E-state index in [-0.39, 0.29) is 11.6 Å². The third kappa shape index (κ3) is 6.62. The Labute approximate surface area is 175 Å². The number of para-hydroxylation sites is 1. The van der Waals surface area contributed by atoms with Crippen LogP contribution in [0.3, 0.4) is 0 Å². The summed E-state index contributed by atoms with van der Waals surface area (Å²) < 4.78 is 10.8. The highest BCUT2D eigenvalue weighted by Crippen LogP contribution is 2.20. The number of amides is 3. The van der Waals surface area contributed by atoms with Crippen molar-refractivity contribution in [2.45, 2.75) is 44.8 Å². The summed E-state index contributed by atoms with van der Waals surface area (Å²) in [7, 11) is 0. The number of carbonyl (C=O) groups is 3. The first-order valence-electron chi connectivity index (χ1n) is 10.1. The molecule has 0 atom stereocenters. The lowest BCUT2D eigenvalue weighted by Gasteiger charge is -2.22. The summed E-state index contributed by atoms with van der Waals surface area (Å²) in [5.41, 5.74) is 1.18. The highest BCUT2D eigenvalue weighted by molar-refractivity contribution is 5.97. The number of rotatable bonds is 7. The molecule has 0 unspecified atom stereocenters. The zero-order valence-electron chi connectivity index (χ0n) is 16.8. The average Bonchev–Trinajstić information content (AvgIpc) is 2.77. The molecule has 1 saturated carbocycles. The smallest absolute Gasteiger partial charge is 0.342 e. The fourth-order valence-corrected chi connectivity index (χ4v) is 3.34. The quantitative estimate of drug-likeness (QED) is 0.681. The Kier molecular flexibility index (Phi) is 7.83. The van der Waals surface area contributed by atoms with Gasteiger partial charge in [0, 0.05) is 6.04 Å². The van der Waals surface area contributed by atoms with Crippen LogP contribution in [-0.4, -0.2) is 30.6 Å². The van der Waals surface area contributed by atoms with Crippen LogP contribution in [0.15, 0.2) is 54.6 Å². The summed E-state index contributed by atoms with van der Waals surface area (Å²) in [4.78, 5) is 36.3. The van der Waals surface area contributed by atoms with Gasteiger partial charge in [-0.15, -0.1) is 0 Å². The van der Waals surface area contributed by atoms with E-state index in [1.807, 2.05) is 30.3 Å². The average molecular weight is 410 g/mol. The summed E-state index contributed by atoms with van der Waals surface area (Å²) in [6, 6.07) is 15.8. The van der Waals surface area contributed by atoms with Crippen LogP contribution in [0.5, 0.6) is 5.75 Å². The molecule has 2 aromatic carbocycles. The van der Waals surface area contributed by atoms with Crippen molar-refractivity contribution in [1.29, 1.82) is 0 Å². The Morgan fingerprint density at radius 2 is 1.60 bits per heavy atom. The lowest BCUT2D eigenvalue weighted by atomic mass is 9.96. The largest absolute Gasteiger partial charge is 0.488 e. The Morgan fingerprint density at radius 1 is 0.900 bits per heavy atom. The van der Waals surface area contributed by atoms with Gasteiger partial charge < -0.3 is 14.8 Å². The van der Waals surface area contributed by atoms with Crippen LogP contribution in [0.1, 0.15) is 48.0 Å². The topological polar surface area (TPSA) is 93.7 Å². The minimum atomic E-state index is -0.693. The number of carbonyl (C=O) groups excluding carboxylic acids is 3. The van der Waals surface area contributed by atoms with Crippen LogP contribution < -0.4 is 15.4 Å². The first-order valence-corrected chi connectivity index (χ1v) is 10.1. The van der Waals surface area contributed by atoms with Gasteiger partial charge in [0.25, 0.3) is 5.91 Å². The maximum atomic E-state index is 12.4. The van der Waals surface area contributed by atoms with Gasteiger partial charge in [-0.3, -0.25) is 10.1 Å². The van der Waals surface area contributed by atoms with E-state index >= 15 is 0 Å². The number of urea groups is 1. The molecule has 1 aliphatic rings. The number of ether oxygens (including phenoxy) is 2. The second kappa shape index (κ2) is 11.0. The SMILES string of the molecule is O=C(COC(=O)c1ccccc1OCc1ccccc1)NC(=O)NC1CCCCC1. The third-order valence-corrected chi connectivity index (χ3v) is 4.87. The predicted octanol–water partition coefficient (Wildman–Crippen LogP) is 3.58. The molecule has 3 rings (SSSR count). The maximum Gasteiger partial charge on any atom is 0.342 e. The Morgan fingerprint density at radius 3 is 2.37 bits per heavy atom. The summed E-state index contributed by atoms with van der Waals surface area (Å²) in [6.45, 7) is -0.253. The fraction of sp³-hybridized carbons (Fsp3) is 0.348. The predicted molar refractivity (Wildman–Crippen MR) is 111 cm³/mol. The van der Waals surface area contributed by atoms with Crippen LogP contribution in [0.2, 0.25) is 0 Å². The highest BCUT2D eigenvalue weighted by Gasteiger charge is 2.19. The van der Waals surface area contributed by atoms with Crippen molar-refractivity contribution in [2.24, 2.45) is 0 Å². The van der Waals surface area contributed by atoms with Crippen molar-refractivity contribution < 1.29 is 23.9 Å². The Bertz CT molecular complexity index is 863. The van der Waals surface area contributed by atoms with Crippen molar-refractivity contribution >= 4 is 17.9 Å². The van der Waals surface area contributed by atoms with E-state index in [4.69, 9.17) is 9.47 Å². The number of benzene rings is 2. The van der Waals surface area contributed by atoms with E-state index in [0.717, 1.165) is 31.2 Å². The molecule has 0 aromatic heterocycles. The number of esters is 1. The molecule has 2 N–H and O–H groups in total. The van der Waals surface area contributed by atoms with E-state index < -0.39 is 24.5 Å². The van der Waals surface area contributed by atoms with Gasteiger partial charge in [-0.2, -0.15) is 0 Å². The lowest BCUT2D eigenvalue weighted by molar-refractivity contribution is -0.123. The molecule has 0 aliphatic heterocycles. The zero-order valence-corrected chi connectivity index (χ0v) is 16.8. The van der Waals surface area contributed by atoms with Gasteiger partial charge in [0.05, 0.1) is 0 Å². The normalized spacial score (nSPS) is 13.9. The van der Waals surface area contributed by atoms with E-state index in [2.05, 4.69) is 10.6 Å². The van der Waals surface area contributed by atoms with Gasteiger partial charge in [0.15, 0.2) is 6.61 Å². The van der Waals surface area contributed by atoms with E-state index in [9.17, 15) is 14.4 Å². The molecule has 0 spiro atoms. The van der Waals surface area contributed by atoms with Gasteiger partial charge in [0.1, 0.15) is 17.9 Å². The lowest BCUT2D eigenvalue weighted by Crippen LogP contribution is -2.46. The van der Waals surface area contributed by atoms with E-state index in [1.165, 1.54) is 6.42 Å². The zero-order chi connectivity index (χ0) is 21.2. The number of nitrogens with one attached hydrogen (secondary N) is 2. The summed E-state index contributed by atoms with van der Waals surface area (Å²) in [6.07, 6.45) is 5.14. The van der Waals surface area contributed by atoms with Crippen LogP contribution >= 0.6 is 0 Å². The van der Waals surface area contributed by atoms with Crippen LogP contribution in [0.25, 0.3) is 0 Å². The summed E-state index contributed by atoms with van der Waals surface area (Å²) >= 11 is 0. The minimum absolute atomic E-state index is 0.0859. The van der Waals surface area contributed by atoms with Crippen molar-refractivity contribution in [3.8, 4) is 5.75 Å². The number of hydrogen-bond donors (Lipinski definition) is 2. The molecule has 158 valence electrons. The van der Waals surface area contributed by atoms with Crippen molar-refractivity contribution in [3.05, 3.63) is 65.7 Å². The van der Waals surface area contributed by atoms with Gasteiger partial charge in [-0.05, 0) is 30.5 Å². The first-order chi connectivity index (χ1) is 14.6. The fourth-order valence-electron chi connectivity index (χ4n) is 3.34. The number of imide groups is 1. The molecule has 0 bridgehead atoms. The standard InChI is InChI=1S/C23H26N2O5/c26-21(25-23(28)24-18-11-5-2-6-12-18)16-30-22(27)19-13-7-8-14-20(19)29-15-17-9-3-1-4-10-17/h1,3-4,7-10,13-14,18H,2,5-6,11-12,15-16H2,(H2,24,25,26,28). The molecule has 30 heavy (non-hydrogen) atoms. The van der Waals surface area contributed by atoms with Gasteiger partial charge in [-0.25, -0.2) is 9.59 Å². The van der Waals surface area contributed by atoms with Gasteiger partial charge >= 0.3 is 12.0 Å². The van der Waals surface area contributed by atoms with Gasteiger partial charge in [0.2, 0.25) is 0 Å². The molecule has 7 heteroatoms. The molecule has 3 amide bonds. The van der Waals surface area contributed by atoms with E-state index in [1.54, 1.807) is 24.3 Å². The Hall–Kier alpha value is -3.35. The molecule has 0 radical (unpaired) electrons. The number of hydrogen-bond acceptors (Lipinski definition) is 5. The first kappa shape index (κ1) is 21.4. The summed E-state index contributed by atoms with van der Waals surface area (Å²) in [5.74, 6) is -1.01. The molecule has 2 aromatic rings. The molecular weight excluding hydrogens is 384 g/mol. The third-order valence-electron chi connectivity index (χ3n) is 4.87. The van der Waals surface area contributed by atoms with Gasteiger partial charge in [-0.1, -0.05) is 61.7 Å². The van der Waals surface area contributed by atoms with Crippen molar-refractivity contribution in [3.63, 3.8) is 0 Å². The van der Waals surface area contributed by atoms with Crippen LogP contribution in [0.4, 0.5) is 4.79 Å². The highest BCUT2D eigenvalue weighted by atomic mass is 16.5. The van der Waals surface area contributed by atoms with E-state index in [0.29, 0.717) is 12.4 Å². The van der Waals surface area contributed by atoms with Crippen LogP contribution in [0, 0.1) is 0 Å². The molecular formula is C23H26N2O5. The molecule has 0 saturated heterocycles. The second-order valence-corrected chi connectivity index (χ2v) is 7.20. The molecule has 7 nitrogen and oxygen atoms in total. The van der Waals surface area contributed by atoms with Crippen molar-refractivity contribution in [2.75, 3.05) is 6.61 Å². The molecule has 1 fully saturated rings. The minimum Gasteiger partial charge on any atom is -0.488 e. The molecule has 1 aliphatic carbocycles. The maximum absolute atomic E-state index is 12.4. The van der Waals surface area contributed by atoms with Crippen molar-refractivity contribution in [1.82, 2.24) is 10.6 Å².